The molecule has 0 heterocycles. The minimum atomic E-state index is -0.403. The van der Waals surface area contributed by atoms with E-state index in [1.165, 1.54) is 0 Å². The van der Waals surface area contributed by atoms with Crippen molar-refractivity contribution in [1.29, 1.82) is 0 Å². The molecule has 0 radical (unpaired) electrons. The fraction of sp³-hybridized carbons (Fsp3) is 1.00. The van der Waals surface area contributed by atoms with Gasteiger partial charge >= 0.3 is 0 Å². The molecule has 0 atom stereocenters. The van der Waals surface area contributed by atoms with Crippen LogP contribution in [0.15, 0.2) is 0 Å². The van der Waals surface area contributed by atoms with Crippen molar-refractivity contribution in [3.8, 4) is 0 Å². The zero-order valence-corrected chi connectivity index (χ0v) is 11.8. The van der Waals surface area contributed by atoms with Crippen molar-refractivity contribution < 1.29 is 19.9 Å². The van der Waals surface area contributed by atoms with Crippen LogP contribution in [-0.4, -0.2) is 23.1 Å². The molecule has 0 fully saturated rings. The molecule has 4 heteroatoms. The molecule has 0 aliphatic heterocycles. The second-order valence-corrected chi connectivity index (χ2v) is 5.57. The van der Waals surface area contributed by atoms with E-state index in [4.69, 9.17) is 15.0 Å². The molecule has 0 rings (SSSR count). The van der Waals surface area contributed by atoms with Gasteiger partial charge in [-0.2, -0.15) is 0 Å². The van der Waals surface area contributed by atoms with Crippen molar-refractivity contribution in [2.75, 3.05) is 6.61 Å². The number of rotatable bonds is 4. The lowest BCUT2D eigenvalue weighted by Gasteiger charge is -2.17. The van der Waals surface area contributed by atoms with Gasteiger partial charge in [-0.3, -0.25) is 5.26 Å². The second kappa shape index (κ2) is 8.93. The molecule has 0 spiro atoms. The van der Waals surface area contributed by atoms with Crippen molar-refractivity contribution in [2.24, 2.45) is 0 Å². The maximum Gasteiger partial charge on any atom is 0.0952 e. The van der Waals surface area contributed by atoms with Crippen molar-refractivity contribution in [3.63, 3.8) is 0 Å². The van der Waals surface area contributed by atoms with Gasteiger partial charge in [-0.1, -0.05) is 13.3 Å². The minimum absolute atomic E-state index is 0.173. The van der Waals surface area contributed by atoms with Crippen LogP contribution in [0.3, 0.4) is 0 Å². The molecule has 0 saturated carbocycles. The molecule has 4 nitrogen and oxygen atoms in total. The van der Waals surface area contributed by atoms with Crippen LogP contribution in [0.25, 0.3) is 0 Å². The molecular weight excluding hydrogens is 208 g/mol. The Hall–Kier alpha value is -0.160. The summed E-state index contributed by atoms with van der Waals surface area (Å²) in [5.41, 5.74) is -0.576. The number of hydrogen-bond acceptors (Lipinski definition) is 4. The lowest BCUT2D eigenvalue weighted by Crippen LogP contribution is -2.19. The van der Waals surface area contributed by atoms with Gasteiger partial charge < -0.3 is 0 Å². The van der Waals surface area contributed by atoms with Gasteiger partial charge in [0.05, 0.1) is 17.8 Å². The molecule has 1 N–H and O–H groups in total. The summed E-state index contributed by atoms with van der Waals surface area (Å²) in [5.74, 6) is 0. The molecule has 0 saturated heterocycles. The molecule has 16 heavy (non-hydrogen) atoms. The van der Waals surface area contributed by atoms with E-state index in [0.717, 1.165) is 12.8 Å². The Balaban J connectivity index is 0. The Labute approximate surface area is 99.8 Å². The summed E-state index contributed by atoms with van der Waals surface area (Å²) < 4.78 is 0. The third kappa shape index (κ3) is 23.6. The van der Waals surface area contributed by atoms with Gasteiger partial charge in [0.25, 0.3) is 0 Å². The Morgan fingerprint density at radius 3 is 1.62 bits per heavy atom. The summed E-state index contributed by atoms with van der Waals surface area (Å²) in [5, 5.41) is 7.90. The molecule has 0 amide bonds. The van der Waals surface area contributed by atoms with E-state index in [2.05, 4.69) is 11.8 Å². The normalized spacial score (nSPS) is 12.0. The standard InChI is InChI=1S/C8H18O2.C4H10O2/c1-5-6-7-9-10-8(2,3)4;1-4(2,3)6-5/h5-7H2,1-4H3;5H,1-3H3. The van der Waals surface area contributed by atoms with Gasteiger partial charge in [0, 0.05) is 0 Å². The topological polar surface area (TPSA) is 47.9 Å². The zero-order chi connectivity index (χ0) is 13.2. The van der Waals surface area contributed by atoms with Crippen molar-refractivity contribution in [2.45, 2.75) is 72.5 Å². The molecule has 100 valence electrons. The van der Waals surface area contributed by atoms with Crippen LogP contribution in [0.2, 0.25) is 0 Å². The quantitative estimate of drug-likeness (QED) is 0.458. The number of hydrogen-bond donors (Lipinski definition) is 1. The Bertz CT molecular complexity index is 144. The molecule has 0 aromatic carbocycles. The Morgan fingerprint density at radius 1 is 0.938 bits per heavy atom. The lowest BCUT2D eigenvalue weighted by molar-refractivity contribution is -0.348. The van der Waals surface area contributed by atoms with Crippen molar-refractivity contribution in [1.82, 2.24) is 0 Å². The maximum absolute atomic E-state index is 7.90. The molecule has 0 bridgehead atoms. The van der Waals surface area contributed by atoms with Gasteiger partial charge in [-0.25, -0.2) is 14.7 Å². The van der Waals surface area contributed by atoms with Crippen LogP contribution in [0.1, 0.15) is 61.3 Å². The zero-order valence-electron chi connectivity index (χ0n) is 11.8. The summed E-state index contributed by atoms with van der Waals surface area (Å²) in [7, 11) is 0. The van der Waals surface area contributed by atoms with Gasteiger partial charge in [-0.15, -0.1) is 0 Å². The average Bonchev–Trinajstić information content (AvgIpc) is 2.11. The van der Waals surface area contributed by atoms with Gasteiger partial charge in [-0.05, 0) is 48.0 Å². The highest BCUT2D eigenvalue weighted by molar-refractivity contribution is 4.54. The van der Waals surface area contributed by atoms with Crippen molar-refractivity contribution >= 4 is 0 Å². The Kier molecular flexibility index (Phi) is 10.2. The number of unbranched alkanes of at least 4 members (excludes halogenated alkanes) is 1. The van der Waals surface area contributed by atoms with E-state index in [9.17, 15) is 0 Å². The predicted molar refractivity (Wildman–Crippen MR) is 65.2 cm³/mol. The minimum Gasteiger partial charge on any atom is -0.251 e. The third-order valence-corrected chi connectivity index (χ3v) is 1.16. The van der Waals surface area contributed by atoms with E-state index in [-0.39, 0.29) is 5.60 Å². The highest BCUT2D eigenvalue weighted by atomic mass is 17.2. The second-order valence-electron chi connectivity index (χ2n) is 5.57. The van der Waals surface area contributed by atoms with Crippen LogP contribution in [0.4, 0.5) is 0 Å². The average molecular weight is 236 g/mol. The highest BCUT2D eigenvalue weighted by Gasteiger charge is 2.10. The van der Waals surface area contributed by atoms with Crippen LogP contribution in [-0.2, 0) is 14.7 Å². The van der Waals surface area contributed by atoms with Gasteiger partial charge in [0.15, 0.2) is 0 Å². The Morgan fingerprint density at radius 2 is 1.38 bits per heavy atom. The van der Waals surface area contributed by atoms with E-state index in [1.807, 2.05) is 20.8 Å². The summed E-state index contributed by atoms with van der Waals surface area (Å²) in [6.07, 6.45) is 2.21. The molecule has 0 unspecified atom stereocenters. The van der Waals surface area contributed by atoms with Crippen LogP contribution in [0.5, 0.6) is 0 Å². The van der Waals surface area contributed by atoms with Gasteiger partial charge in [0.1, 0.15) is 0 Å². The fourth-order valence-electron chi connectivity index (χ4n) is 0.422. The van der Waals surface area contributed by atoms with Crippen LogP contribution in [0, 0.1) is 0 Å². The maximum atomic E-state index is 7.90. The first-order valence-electron chi connectivity index (χ1n) is 5.75. The summed E-state index contributed by atoms with van der Waals surface area (Å²) in [4.78, 5) is 13.9. The highest BCUT2D eigenvalue weighted by Crippen LogP contribution is 2.07. The molecular formula is C12H28O4. The summed E-state index contributed by atoms with van der Waals surface area (Å²) in [6, 6.07) is 0. The smallest absolute Gasteiger partial charge is 0.0952 e. The largest absolute Gasteiger partial charge is 0.251 e. The third-order valence-electron chi connectivity index (χ3n) is 1.16. The van der Waals surface area contributed by atoms with Crippen LogP contribution >= 0.6 is 0 Å². The molecule has 0 aliphatic rings. The first kappa shape index (κ1) is 18.2. The SMILES string of the molecule is CC(C)(C)OO.CCCCOOC(C)(C)C. The fourth-order valence-corrected chi connectivity index (χ4v) is 0.422. The molecule has 0 aliphatic carbocycles. The van der Waals surface area contributed by atoms with E-state index >= 15 is 0 Å². The summed E-state index contributed by atoms with van der Waals surface area (Å²) in [6.45, 7) is 14.1. The van der Waals surface area contributed by atoms with E-state index in [0.29, 0.717) is 6.61 Å². The van der Waals surface area contributed by atoms with Crippen molar-refractivity contribution in [3.05, 3.63) is 0 Å². The van der Waals surface area contributed by atoms with Gasteiger partial charge in [0.2, 0.25) is 0 Å². The predicted octanol–water partition coefficient (Wildman–Crippen LogP) is 3.81. The molecule has 0 aromatic heterocycles. The lowest BCUT2D eigenvalue weighted by atomic mass is 10.2. The first-order chi connectivity index (χ1) is 7.12. The van der Waals surface area contributed by atoms with E-state index < -0.39 is 5.60 Å². The molecule has 0 aromatic rings. The first-order valence-corrected chi connectivity index (χ1v) is 5.75. The summed E-state index contributed by atoms with van der Waals surface area (Å²) >= 11 is 0. The van der Waals surface area contributed by atoms with E-state index in [1.54, 1.807) is 20.8 Å². The monoisotopic (exact) mass is 236 g/mol. The van der Waals surface area contributed by atoms with Crippen LogP contribution < -0.4 is 0 Å².